The summed E-state index contributed by atoms with van der Waals surface area (Å²) in [6.07, 6.45) is 3.41. The van der Waals surface area contributed by atoms with Crippen LogP contribution in [0.5, 0.6) is 0 Å². The van der Waals surface area contributed by atoms with Gasteiger partial charge in [0.15, 0.2) is 0 Å². The summed E-state index contributed by atoms with van der Waals surface area (Å²) >= 11 is 1.86. The largest absolute Gasteiger partial charge is 0.396 e. The van der Waals surface area contributed by atoms with E-state index in [2.05, 4.69) is 0 Å². The number of thioether (sulfide) groups is 1. The Kier molecular flexibility index (Phi) is 3.60. The number of hydrogen-bond donors (Lipinski definition) is 2. The molecule has 15 heavy (non-hydrogen) atoms. The van der Waals surface area contributed by atoms with Crippen LogP contribution in [0, 0.1) is 5.41 Å². The number of aliphatic hydroxyl groups is 2. The lowest BCUT2D eigenvalue weighted by molar-refractivity contribution is -0.154. The summed E-state index contributed by atoms with van der Waals surface area (Å²) in [5.74, 6) is 2.05. The number of hydrogen-bond acceptors (Lipinski definition) is 4. The van der Waals surface area contributed by atoms with Crippen molar-refractivity contribution in [3.05, 3.63) is 0 Å². The first-order valence-corrected chi connectivity index (χ1v) is 6.87. The highest BCUT2D eigenvalue weighted by Gasteiger charge is 2.50. The molecule has 0 amide bonds. The van der Waals surface area contributed by atoms with E-state index in [0.717, 1.165) is 24.3 Å². The molecule has 2 aliphatic heterocycles. The maximum atomic E-state index is 10.7. The molecular formula is C11H20O3S. The highest BCUT2D eigenvalue weighted by atomic mass is 32.2. The first-order valence-electron chi connectivity index (χ1n) is 5.71. The number of ether oxygens (including phenoxy) is 1. The zero-order valence-electron chi connectivity index (χ0n) is 9.07. The van der Waals surface area contributed by atoms with Crippen LogP contribution in [-0.4, -0.2) is 47.1 Å². The molecule has 0 spiro atoms. The predicted octanol–water partition coefficient (Wildman–Crippen LogP) is 1.03. The summed E-state index contributed by atoms with van der Waals surface area (Å²) in [6.45, 7) is 1.36. The zero-order chi connectivity index (χ0) is 10.8. The second-order valence-electron chi connectivity index (χ2n) is 4.74. The van der Waals surface area contributed by atoms with Crippen LogP contribution < -0.4 is 0 Å². The first-order chi connectivity index (χ1) is 7.22. The Morgan fingerprint density at radius 2 is 1.93 bits per heavy atom. The number of aliphatic hydroxyl groups excluding tert-OH is 1. The standard InChI is InChI=1S/C11H20O3S/c12-8-10(2-1-7-15-9-10)11(13)3-5-14-6-4-11/h12-13H,1-9H2. The second kappa shape index (κ2) is 4.62. The summed E-state index contributed by atoms with van der Waals surface area (Å²) in [6, 6.07) is 0. The van der Waals surface area contributed by atoms with Gasteiger partial charge in [0.25, 0.3) is 0 Å². The molecule has 3 nitrogen and oxygen atoms in total. The van der Waals surface area contributed by atoms with E-state index in [1.165, 1.54) is 0 Å². The molecule has 0 aromatic heterocycles. The molecule has 2 heterocycles. The molecule has 2 N–H and O–H groups in total. The molecule has 1 unspecified atom stereocenters. The van der Waals surface area contributed by atoms with Crippen LogP contribution in [0.3, 0.4) is 0 Å². The lowest BCUT2D eigenvalue weighted by Gasteiger charge is -2.50. The minimum atomic E-state index is -0.701. The highest BCUT2D eigenvalue weighted by molar-refractivity contribution is 7.99. The van der Waals surface area contributed by atoms with E-state index in [4.69, 9.17) is 4.74 Å². The van der Waals surface area contributed by atoms with E-state index in [9.17, 15) is 10.2 Å². The Morgan fingerprint density at radius 1 is 1.20 bits per heavy atom. The predicted molar refractivity (Wildman–Crippen MR) is 61.1 cm³/mol. The molecule has 0 radical (unpaired) electrons. The third-order valence-electron chi connectivity index (χ3n) is 3.93. The van der Waals surface area contributed by atoms with Gasteiger partial charge in [0.05, 0.1) is 12.2 Å². The molecule has 0 saturated carbocycles. The van der Waals surface area contributed by atoms with Crippen LogP contribution in [-0.2, 0) is 4.74 Å². The Balaban J connectivity index is 2.15. The Bertz CT molecular complexity index is 208. The number of rotatable bonds is 2. The minimum absolute atomic E-state index is 0.108. The fourth-order valence-electron chi connectivity index (χ4n) is 2.73. The van der Waals surface area contributed by atoms with E-state index >= 15 is 0 Å². The van der Waals surface area contributed by atoms with Crippen LogP contribution in [0.15, 0.2) is 0 Å². The van der Waals surface area contributed by atoms with Gasteiger partial charge in [-0.15, -0.1) is 0 Å². The van der Waals surface area contributed by atoms with Crippen molar-refractivity contribution in [2.75, 3.05) is 31.3 Å². The van der Waals surface area contributed by atoms with Crippen LogP contribution >= 0.6 is 11.8 Å². The van der Waals surface area contributed by atoms with Gasteiger partial charge < -0.3 is 14.9 Å². The summed E-state index contributed by atoms with van der Waals surface area (Å²) in [5, 5.41) is 20.3. The molecule has 0 aromatic carbocycles. The molecule has 4 heteroatoms. The quantitative estimate of drug-likeness (QED) is 0.747. The normalized spacial score (nSPS) is 36.4. The molecule has 1 atom stereocenters. The van der Waals surface area contributed by atoms with Gasteiger partial charge in [-0.3, -0.25) is 0 Å². The lowest BCUT2D eigenvalue weighted by Crippen LogP contribution is -2.56. The van der Waals surface area contributed by atoms with E-state index < -0.39 is 5.60 Å². The maximum Gasteiger partial charge on any atom is 0.0777 e. The van der Waals surface area contributed by atoms with Crippen molar-refractivity contribution in [2.24, 2.45) is 5.41 Å². The van der Waals surface area contributed by atoms with Gasteiger partial charge in [-0.25, -0.2) is 0 Å². The fourth-order valence-corrected chi connectivity index (χ4v) is 4.12. The first kappa shape index (κ1) is 11.7. The topological polar surface area (TPSA) is 49.7 Å². The molecule has 2 saturated heterocycles. The fraction of sp³-hybridized carbons (Fsp3) is 1.00. The molecule has 2 aliphatic rings. The van der Waals surface area contributed by atoms with E-state index in [1.807, 2.05) is 11.8 Å². The molecule has 2 fully saturated rings. The van der Waals surface area contributed by atoms with Gasteiger partial charge in [0.1, 0.15) is 0 Å². The smallest absolute Gasteiger partial charge is 0.0777 e. The third-order valence-corrected chi connectivity index (χ3v) is 5.27. The Morgan fingerprint density at radius 3 is 2.47 bits per heavy atom. The van der Waals surface area contributed by atoms with E-state index in [0.29, 0.717) is 26.1 Å². The summed E-state index contributed by atoms with van der Waals surface area (Å²) in [4.78, 5) is 0. The third kappa shape index (κ3) is 2.05. The second-order valence-corrected chi connectivity index (χ2v) is 5.84. The van der Waals surface area contributed by atoms with Crippen molar-refractivity contribution in [2.45, 2.75) is 31.3 Å². The van der Waals surface area contributed by atoms with Crippen LogP contribution in [0.4, 0.5) is 0 Å². The molecule has 0 bridgehead atoms. The molecule has 2 rings (SSSR count). The van der Waals surface area contributed by atoms with Gasteiger partial charge >= 0.3 is 0 Å². The summed E-state index contributed by atoms with van der Waals surface area (Å²) in [7, 11) is 0. The van der Waals surface area contributed by atoms with Crippen molar-refractivity contribution in [1.29, 1.82) is 0 Å². The lowest BCUT2D eigenvalue weighted by atomic mass is 9.67. The average molecular weight is 232 g/mol. The van der Waals surface area contributed by atoms with Crippen molar-refractivity contribution < 1.29 is 14.9 Å². The van der Waals surface area contributed by atoms with Gasteiger partial charge in [-0.1, -0.05) is 0 Å². The molecule has 88 valence electrons. The van der Waals surface area contributed by atoms with Gasteiger partial charge in [0.2, 0.25) is 0 Å². The molecular weight excluding hydrogens is 212 g/mol. The van der Waals surface area contributed by atoms with Crippen molar-refractivity contribution in [3.63, 3.8) is 0 Å². The van der Waals surface area contributed by atoms with Crippen LogP contribution in [0.2, 0.25) is 0 Å². The van der Waals surface area contributed by atoms with Crippen molar-refractivity contribution in [3.8, 4) is 0 Å². The average Bonchev–Trinajstić information content (AvgIpc) is 2.31. The van der Waals surface area contributed by atoms with Gasteiger partial charge in [-0.05, 0) is 18.6 Å². The van der Waals surface area contributed by atoms with Crippen molar-refractivity contribution in [1.82, 2.24) is 0 Å². The SMILES string of the molecule is OCC1(C2(O)CCOCC2)CCCSC1. The Labute approximate surface area is 95.2 Å². The monoisotopic (exact) mass is 232 g/mol. The van der Waals surface area contributed by atoms with Crippen LogP contribution in [0.25, 0.3) is 0 Å². The van der Waals surface area contributed by atoms with E-state index in [-0.39, 0.29) is 12.0 Å². The van der Waals surface area contributed by atoms with Gasteiger partial charge in [-0.2, -0.15) is 11.8 Å². The zero-order valence-corrected chi connectivity index (χ0v) is 9.89. The van der Waals surface area contributed by atoms with Gasteiger partial charge in [0, 0.05) is 37.2 Å². The highest BCUT2D eigenvalue weighted by Crippen LogP contribution is 2.47. The maximum absolute atomic E-state index is 10.7. The van der Waals surface area contributed by atoms with Crippen LogP contribution in [0.1, 0.15) is 25.7 Å². The Hall–Kier alpha value is 0.230. The summed E-state index contributed by atoms with van der Waals surface area (Å²) < 4.78 is 5.30. The van der Waals surface area contributed by atoms with E-state index in [1.54, 1.807) is 0 Å². The minimum Gasteiger partial charge on any atom is -0.396 e. The molecule has 0 aliphatic carbocycles. The molecule has 0 aromatic rings. The summed E-state index contributed by atoms with van der Waals surface area (Å²) in [5.41, 5.74) is -0.979. The van der Waals surface area contributed by atoms with Crippen molar-refractivity contribution >= 4 is 11.8 Å².